The Morgan fingerprint density at radius 3 is 2.50 bits per heavy atom. The summed E-state index contributed by atoms with van der Waals surface area (Å²) in [7, 11) is 0. The fourth-order valence-corrected chi connectivity index (χ4v) is 1.06. The Hall–Kier alpha value is -2.86. The van der Waals surface area contributed by atoms with E-state index in [4.69, 9.17) is 10.5 Å². The zero-order chi connectivity index (χ0) is 12.1. The predicted octanol–water partition coefficient (Wildman–Crippen LogP) is 1.73. The largest absolute Gasteiger partial charge is 0.508 e. The summed E-state index contributed by atoms with van der Waals surface area (Å²) in [6, 6.07) is 6.60. The van der Waals surface area contributed by atoms with E-state index in [0.29, 0.717) is 0 Å². The number of phenols is 1. The number of nitro groups is 1. The van der Waals surface area contributed by atoms with Crippen molar-refractivity contribution in [3.63, 3.8) is 0 Å². The maximum Gasteiger partial charge on any atom is 0.273 e. The van der Waals surface area contributed by atoms with Gasteiger partial charge in [-0.25, -0.2) is 0 Å². The highest BCUT2D eigenvalue weighted by molar-refractivity contribution is 5.65. The molecule has 6 nitrogen and oxygen atoms in total. The van der Waals surface area contributed by atoms with E-state index in [0.717, 1.165) is 18.2 Å². The van der Waals surface area contributed by atoms with Crippen LogP contribution >= 0.6 is 0 Å². The van der Waals surface area contributed by atoms with Crippen molar-refractivity contribution in [2.24, 2.45) is 0 Å². The van der Waals surface area contributed by atoms with E-state index in [2.05, 4.69) is 0 Å². The normalized spacial score (nSPS) is 8.62. The van der Waals surface area contributed by atoms with Crippen LogP contribution < -0.4 is 0 Å². The van der Waals surface area contributed by atoms with Crippen molar-refractivity contribution in [1.82, 2.24) is 0 Å². The van der Waals surface area contributed by atoms with Crippen LogP contribution in [-0.4, -0.2) is 10.0 Å². The van der Waals surface area contributed by atoms with Gasteiger partial charge < -0.3 is 5.11 Å². The third kappa shape index (κ3) is 2.56. The molecule has 0 bridgehead atoms. The first-order valence-electron chi connectivity index (χ1n) is 4.07. The Morgan fingerprint density at radius 1 is 1.38 bits per heavy atom. The average molecular weight is 215 g/mol. The molecule has 0 aliphatic carbocycles. The van der Waals surface area contributed by atoms with E-state index in [9.17, 15) is 15.2 Å². The van der Waals surface area contributed by atoms with Gasteiger partial charge in [-0.05, 0) is 17.7 Å². The van der Waals surface area contributed by atoms with Crippen LogP contribution in [0.15, 0.2) is 23.8 Å². The molecule has 1 aromatic rings. The summed E-state index contributed by atoms with van der Waals surface area (Å²) in [4.78, 5) is 9.80. The van der Waals surface area contributed by atoms with E-state index in [-0.39, 0.29) is 22.6 Å². The van der Waals surface area contributed by atoms with Gasteiger partial charge >= 0.3 is 0 Å². The molecule has 0 radical (unpaired) electrons. The smallest absolute Gasteiger partial charge is 0.273 e. The number of phenolic OH excluding ortho intramolecular Hbond substituents is 1. The molecular formula is C10H5N3O3. The number of hydrogen-bond acceptors (Lipinski definition) is 5. The van der Waals surface area contributed by atoms with Crippen molar-refractivity contribution >= 4 is 11.8 Å². The predicted molar refractivity (Wildman–Crippen MR) is 54.0 cm³/mol. The van der Waals surface area contributed by atoms with E-state index in [1.807, 2.05) is 0 Å². The summed E-state index contributed by atoms with van der Waals surface area (Å²) in [6.07, 6.45) is 1.16. The molecule has 0 fully saturated rings. The number of non-ortho nitro benzene ring substituents is 1. The molecular weight excluding hydrogens is 210 g/mol. The molecule has 1 N–H and O–H groups in total. The SMILES string of the molecule is N#CC(C#N)=Cc1cc(O)cc([N+](=O)[O-])c1. The number of hydrogen-bond donors (Lipinski definition) is 1. The molecule has 78 valence electrons. The van der Waals surface area contributed by atoms with Crippen molar-refractivity contribution < 1.29 is 10.0 Å². The topological polar surface area (TPSA) is 111 Å². The molecule has 16 heavy (non-hydrogen) atoms. The van der Waals surface area contributed by atoms with Crippen molar-refractivity contribution in [3.05, 3.63) is 39.4 Å². The third-order valence-electron chi connectivity index (χ3n) is 1.69. The number of nitrogens with zero attached hydrogens (tertiary/aromatic N) is 3. The zero-order valence-electron chi connectivity index (χ0n) is 7.91. The molecule has 0 unspecified atom stereocenters. The van der Waals surface area contributed by atoms with Crippen molar-refractivity contribution in [2.45, 2.75) is 0 Å². The lowest BCUT2D eigenvalue weighted by atomic mass is 10.1. The zero-order valence-corrected chi connectivity index (χ0v) is 7.91. The lowest BCUT2D eigenvalue weighted by Gasteiger charge is -1.96. The number of rotatable bonds is 2. The second-order valence-corrected chi connectivity index (χ2v) is 2.82. The Bertz CT molecular complexity index is 533. The molecule has 0 aliphatic rings. The summed E-state index contributed by atoms with van der Waals surface area (Å²) in [5.41, 5.74) is -0.272. The summed E-state index contributed by atoms with van der Waals surface area (Å²) in [5.74, 6) is -0.296. The van der Waals surface area contributed by atoms with Gasteiger partial charge in [0.05, 0.1) is 11.0 Å². The fraction of sp³-hybridized carbons (Fsp3) is 0. The van der Waals surface area contributed by atoms with E-state index < -0.39 is 4.92 Å². The first kappa shape index (κ1) is 11.2. The van der Waals surface area contributed by atoms with Crippen LogP contribution in [0.25, 0.3) is 6.08 Å². The van der Waals surface area contributed by atoms with Gasteiger partial charge in [0, 0.05) is 6.07 Å². The maximum absolute atomic E-state index is 10.5. The molecule has 1 rings (SSSR count). The van der Waals surface area contributed by atoms with Crippen LogP contribution in [-0.2, 0) is 0 Å². The summed E-state index contributed by atoms with van der Waals surface area (Å²) in [6.45, 7) is 0. The van der Waals surface area contributed by atoms with E-state index >= 15 is 0 Å². The number of nitro benzene ring substituents is 1. The highest BCUT2D eigenvalue weighted by Gasteiger charge is 2.08. The third-order valence-corrected chi connectivity index (χ3v) is 1.69. The first-order chi connectivity index (χ1) is 7.56. The average Bonchev–Trinajstić information content (AvgIpc) is 2.25. The van der Waals surface area contributed by atoms with E-state index in [1.54, 1.807) is 12.1 Å². The molecule has 0 atom stereocenters. The second-order valence-electron chi connectivity index (χ2n) is 2.82. The fourth-order valence-electron chi connectivity index (χ4n) is 1.06. The van der Waals surface area contributed by atoms with Gasteiger partial charge in [-0.3, -0.25) is 10.1 Å². The van der Waals surface area contributed by atoms with Gasteiger partial charge in [0.2, 0.25) is 0 Å². The standard InChI is InChI=1S/C10H5N3O3/c11-5-8(6-12)1-7-2-9(13(15)16)4-10(14)3-7/h1-4,14H. The minimum absolute atomic E-state index is 0.195. The molecule has 0 amide bonds. The molecule has 0 heterocycles. The van der Waals surface area contributed by atoms with Gasteiger partial charge in [-0.2, -0.15) is 10.5 Å². The van der Waals surface area contributed by atoms with Gasteiger partial charge in [0.1, 0.15) is 23.5 Å². The molecule has 0 aromatic heterocycles. The molecule has 6 heteroatoms. The highest BCUT2D eigenvalue weighted by atomic mass is 16.6. The van der Waals surface area contributed by atoms with Crippen LogP contribution in [0, 0.1) is 32.8 Å². The lowest BCUT2D eigenvalue weighted by Crippen LogP contribution is -1.88. The monoisotopic (exact) mass is 215 g/mol. The Kier molecular flexibility index (Phi) is 3.21. The molecule has 0 saturated heterocycles. The van der Waals surface area contributed by atoms with Gasteiger partial charge in [0.15, 0.2) is 0 Å². The van der Waals surface area contributed by atoms with Gasteiger partial charge in [0.25, 0.3) is 5.69 Å². The number of nitriles is 2. The van der Waals surface area contributed by atoms with Crippen LogP contribution in [0.3, 0.4) is 0 Å². The summed E-state index contributed by atoms with van der Waals surface area (Å²) >= 11 is 0. The summed E-state index contributed by atoms with van der Waals surface area (Å²) in [5, 5.41) is 36.7. The number of allylic oxidation sites excluding steroid dienone is 1. The van der Waals surface area contributed by atoms with Gasteiger partial charge in [-0.1, -0.05) is 0 Å². The maximum atomic E-state index is 10.5. The van der Waals surface area contributed by atoms with Crippen LogP contribution in [0.5, 0.6) is 5.75 Å². The first-order valence-corrected chi connectivity index (χ1v) is 4.07. The molecule has 0 saturated carbocycles. The van der Waals surface area contributed by atoms with Crippen LogP contribution in [0.1, 0.15) is 5.56 Å². The summed E-state index contributed by atoms with van der Waals surface area (Å²) < 4.78 is 0. The Labute approximate surface area is 90.4 Å². The Balaban J connectivity index is 3.28. The number of aromatic hydroxyl groups is 1. The Morgan fingerprint density at radius 2 is 2.00 bits per heavy atom. The number of benzene rings is 1. The minimum atomic E-state index is -0.671. The van der Waals surface area contributed by atoms with Crippen molar-refractivity contribution in [1.29, 1.82) is 10.5 Å². The van der Waals surface area contributed by atoms with Crippen molar-refractivity contribution in [2.75, 3.05) is 0 Å². The van der Waals surface area contributed by atoms with E-state index in [1.165, 1.54) is 6.07 Å². The van der Waals surface area contributed by atoms with Crippen LogP contribution in [0.4, 0.5) is 5.69 Å². The molecule has 0 spiro atoms. The lowest BCUT2D eigenvalue weighted by molar-refractivity contribution is -0.384. The van der Waals surface area contributed by atoms with Crippen molar-refractivity contribution in [3.8, 4) is 17.9 Å². The van der Waals surface area contributed by atoms with Crippen LogP contribution in [0.2, 0.25) is 0 Å². The molecule has 1 aromatic carbocycles. The quantitative estimate of drug-likeness (QED) is 0.458. The minimum Gasteiger partial charge on any atom is -0.508 e. The second kappa shape index (κ2) is 4.58. The molecule has 0 aliphatic heterocycles. The van der Waals surface area contributed by atoms with Gasteiger partial charge in [-0.15, -0.1) is 0 Å². The highest BCUT2D eigenvalue weighted by Crippen LogP contribution is 2.22.